The molecular formula is C22H27NO. The predicted octanol–water partition coefficient (Wildman–Crippen LogP) is 4.63. The number of rotatable bonds is 2. The van der Waals surface area contributed by atoms with Gasteiger partial charge in [0.2, 0.25) is 0 Å². The van der Waals surface area contributed by atoms with Crippen molar-refractivity contribution >= 4 is 0 Å². The monoisotopic (exact) mass is 321 g/mol. The summed E-state index contributed by atoms with van der Waals surface area (Å²) in [7, 11) is 0. The Kier molecular flexibility index (Phi) is 4.19. The fourth-order valence-electron chi connectivity index (χ4n) is 4.79. The van der Waals surface area contributed by atoms with Crippen LogP contribution in [0.5, 0.6) is 0 Å². The van der Waals surface area contributed by atoms with Gasteiger partial charge in [0.1, 0.15) is 5.60 Å². The Morgan fingerprint density at radius 2 is 1.38 bits per heavy atom. The van der Waals surface area contributed by atoms with E-state index in [1.165, 1.54) is 30.4 Å². The molecule has 2 aliphatic rings. The van der Waals surface area contributed by atoms with Crippen molar-refractivity contribution in [2.75, 3.05) is 6.54 Å². The van der Waals surface area contributed by atoms with Gasteiger partial charge in [-0.15, -0.1) is 0 Å². The van der Waals surface area contributed by atoms with Crippen LogP contribution in [0.15, 0.2) is 54.6 Å². The summed E-state index contributed by atoms with van der Waals surface area (Å²) >= 11 is 0. The van der Waals surface area contributed by atoms with Gasteiger partial charge in [0.05, 0.1) is 5.54 Å². The van der Waals surface area contributed by atoms with Crippen LogP contribution in [0.4, 0.5) is 0 Å². The largest absolute Gasteiger partial charge is 0.383 e. The Hall–Kier alpha value is -1.64. The summed E-state index contributed by atoms with van der Waals surface area (Å²) in [5.74, 6) is 0. The normalized spacial score (nSPS) is 26.4. The Bertz CT molecular complexity index is 665. The van der Waals surface area contributed by atoms with E-state index in [2.05, 4.69) is 53.8 Å². The predicted molar refractivity (Wildman–Crippen MR) is 98.8 cm³/mol. The average Bonchev–Trinajstić information content (AvgIpc) is 2.66. The van der Waals surface area contributed by atoms with E-state index in [0.717, 1.165) is 37.8 Å². The molecule has 1 saturated carbocycles. The number of benzene rings is 2. The van der Waals surface area contributed by atoms with E-state index in [1.54, 1.807) is 0 Å². The number of piperidine rings is 1. The molecule has 1 saturated heterocycles. The lowest BCUT2D eigenvalue weighted by atomic mass is 9.63. The number of nitrogens with one attached hydrogen (secondary N) is 1. The van der Waals surface area contributed by atoms with Gasteiger partial charge < -0.3 is 10.4 Å². The molecule has 1 spiro atoms. The van der Waals surface area contributed by atoms with Gasteiger partial charge in [-0.25, -0.2) is 0 Å². The molecule has 1 atom stereocenters. The molecule has 2 nitrogen and oxygen atoms in total. The average molecular weight is 321 g/mol. The first-order valence-electron chi connectivity index (χ1n) is 9.37. The third-order valence-electron chi connectivity index (χ3n) is 6.15. The molecular weight excluding hydrogens is 294 g/mol. The molecule has 0 aromatic heterocycles. The summed E-state index contributed by atoms with van der Waals surface area (Å²) in [5, 5.41) is 15.4. The van der Waals surface area contributed by atoms with Crippen LogP contribution < -0.4 is 5.32 Å². The summed E-state index contributed by atoms with van der Waals surface area (Å²) in [6.07, 6.45) is 7.82. The topological polar surface area (TPSA) is 32.3 Å². The van der Waals surface area contributed by atoms with Gasteiger partial charge in [-0.1, -0.05) is 73.9 Å². The molecule has 2 fully saturated rings. The molecule has 2 aromatic carbocycles. The lowest BCUT2D eigenvalue weighted by Crippen LogP contribution is -2.64. The summed E-state index contributed by atoms with van der Waals surface area (Å²) in [6, 6.07) is 19.1. The Balaban J connectivity index is 1.68. The first kappa shape index (κ1) is 15.9. The van der Waals surface area contributed by atoms with Gasteiger partial charge in [-0.05, 0) is 48.9 Å². The van der Waals surface area contributed by atoms with E-state index in [-0.39, 0.29) is 5.54 Å². The molecule has 2 aromatic rings. The smallest absolute Gasteiger partial charge is 0.108 e. The minimum Gasteiger partial charge on any atom is -0.383 e. The number of aliphatic hydroxyl groups is 1. The highest BCUT2D eigenvalue weighted by Crippen LogP contribution is 2.47. The Morgan fingerprint density at radius 3 is 2.08 bits per heavy atom. The van der Waals surface area contributed by atoms with Gasteiger partial charge in [0.25, 0.3) is 0 Å². The summed E-state index contributed by atoms with van der Waals surface area (Å²) in [6.45, 7) is 1.03. The van der Waals surface area contributed by atoms with Gasteiger partial charge in [-0.2, -0.15) is 0 Å². The molecule has 2 N–H and O–H groups in total. The van der Waals surface area contributed by atoms with Crippen molar-refractivity contribution in [2.45, 2.75) is 56.1 Å². The highest BCUT2D eigenvalue weighted by Gasteiger charge is 2.52. The highest BCUT2D eigenvalue weighted by atomic mass is 16.3. The van der Waals surface area contributed by atoms with Gasteiger partial charge in [0, 0.05) is 0 Å². The van der Waals surface area contributed by atoms with Gasteiger partial charge >= 0.3 is 0 Å². The molecule has 1 heterocycles. The third kappa shape index (κ3) is 2.58. The molecule has 4 rings (SSSR count). The van der Waals surface area contributed by atoms with Crippen molar-refractivity contribution in [3.8, 4) is 11.1 Å². The van der Waals surface area contributed by atoms with Crippen LogP contribution in [0, 0.1) is 0 Å². The van der Waals surface area contributed by atoms with Crippen molar-refractivity contribution < 1.29 is 5.11 Å². The minimum absolute atomic E-state index is 0.127. The van der Waals surface area contributed by atoms with Crippen molar-refractivity contribution in [3.63, 3.8) is 0 Å². The SMILES string of the molecule is OC1(c2ccc(-c3ccccc3)cc2)CCCNC12CCCCC2. The zero-order valence-corrected chi connectivity index (χ0v) is 14.3. The van der Waals surface area contributed by atoms with Crippen LogP contribution in [-0.2, 0) is 5.60 Å². The maximum absolute atomic E-state index is 11.7. The van der Waals surface area contributed by atoms with Crippen molar-refractivity contribution in [1.82, 2.24) is 5.32 Å². The van der Waals surface area contributed by atoms with E-state index >= 15 is 0 Å². The van der Waals surface area contributed by atoms with Crippen LogP contribution in [0.2, 0.25) is 0 Å². The van der Waals surface area contributed by atoms with Gasteiger partial charge in [0.15, 0.2) is 0 Å². The van der Waals surface area contributed by atoms with E-state index in [9.17, 15) is 5.11 Å². The number of hydrogen-bond acceptors (Lipinski definition) is 2. The molecule has 24 heavy (non-hydrogen) atoms. The zero-order valence-electron chi connectivity index (χ0n) is 14.3. The van der Waals surface area contributed by atoms with Crippen LogP contribution in [0.1, 0.15) is 50.5 Å². The van der Waals surface area contributed by atoms with E-state index in [1.807, 2.05) is 6.07 Å². The quantitative estimate of drug-likeness (QED) is 0.845. The van der Waals surface area contributed by atoms with Crippen molar-refractivity contribution in [1.29, 1.82) is 0 Å². The maximum Gasteiger partial charge on any atom is 0.108 e. The zero-order chi connectivity index (χ0) is 16.5. The molecule has 1 aliphatic heterocycles. The minimum atomic E-state index is -0.735. The van der Waals surface area contributed by atoms with Gasteiger partial charge in [-0.3, -0.25) is 0 Å². The Labute approximate surface area is 144 Å². The second-order valence-electron chi connectivity index (χ2n) is 7.48. The molecule has 126 valence electrons. The molecule has 0 bridgehead atoms. The summed E-state index contributed by atoms with van der Waals surface area (Å²) in [4.78, 5) is 0. The van der Waals surface area contributed by atoms with Crippen LogP contribution in [0.3, 0.4) is 0 Å². The summed E-state index contributed by atoms with van der Waals surface area (Å²) < 4.78 is 0. The van der Waals surface area contributed by atoms with Crippen LogP contribution in [0.25, 0.3) is 11.1 Å². The second kappa shape index (κ2) is 6.34. The second-order valence-corrected chi connectivity index (χ2v) is 7.48. The molecule has 1 unspecified atom stereocenters. The maximum atomic E-state index is 11.7. The van der Waals surface area contributed by atoms with E-state index in [0.29, 0.717) is 0 Å². The first-order valence-corrected chi connectivity index (χ1v) is 9.37. The summed E-state index contributed by atoms with van der Waals surface area (Å²) in [5.41, 5.74) is 2.66. The molecule has 0 amide bonds. The van der Waals surface area contributed by atoms with E-state index < -0.39 is 5.60 Å². The standard InChI is InChI=1S/C22H27NO/c24-22(16-7-17-23-21(22)14-5-2-6-15-21)20-12-10-19(11-13-20)18-8-3-1-4-9-18/h1,3-4,8-13,23-24H,2,5-7,14-17H2. The third-order valence-corrected chi connectivity index (χ3v) is 6.15. The number of hydrogen-bond donors (Lipinski definition) is 2. The lowest BCUT2D eigenvalue weighted by Gasteiger charge is -2.53. The van der Waals surface area contributed by atoms with E-state index in [4.69, 9.17) is 0 Å². The fourth-order valence-corrected chi connectivity index (χ4v) is 4.79. The van der Waals surface area contributed by atoms with Crippen LogP contribution in [-0.4, -0.2) is 17.2 Å². The highest BCUT2D eigenvalue weighted by molar-refractivity contribution is 5.63. The lowest BCUT2D eigenvalue weighted by molar-refractivity contribution is -0.0994. The van der Waals surface area contributed by atoms with Crippen LogP contribution >= 0.6 is 0 Å². The molecule has 1 aliphatic carbocycles. The fraction of sp³-hybridized carbons (Fsp3) is 0.455. The van der Waals surface area contributed by atoms with Crippen molar-refractivity contribution in [3.05, 3.63) is 60.2 Å². The first-order chi connectivity index (χ1) is 11.7. The van der Waals surface area contributed by atoms with Crippen molar-refractivity contribution in [2.24, 2.45) is 0 Å². The molecule has 2 heteroatoms. The Morgan fingerprint density at radius 1 is 0.708 bits per heavy atom. The molecule has 0 radical (unpaired) electrons.